The van der Waals surface area contributed by atoms with Gasteiger partial charge in [0.05, 0.1) is 6.61 Å². The van der Waals surface area contributed by atoms with Crippen molar-refractivity contribution >= 4 is 5.96 Å². The van der Waals surface area contributed by atoms with E-state index in [-0.39, 0.29) is 0 Å². The average molecular weight is 348 g/mol. The standard InChI is InChI=1S/C19H33N5O/c1-4-25-18-14-17(6-10-21-18)15-23-19(20-3)22-9-5-11-24-12-7-16(2)8-13-24/h6,10,14,16H,4-5,7-9,11-13,15H2,1-3H3,(H2,20,22,23). The Hall–Kier alpha value is -1.82. The van der Waals surface area contributed by atoms with Gasteiger partial charge >= 0.3 is 0 Å². The van der Waals surface area contributed by atoms with Gasteiger partial charge in [0.15, 0.2) is 5.96 Å². The number of piperidine rings is 1. The molecule has 0 atom stereocenters. The normalized spacial score (nSPS) is 16.7. The Morgan fingerprint density at radius 3 is 2.88 bits per heavy atom. The van der Waals surface area contributed by atoms with Crippen LogP contribution in [0.4, 0.5) is 0 Å². The van der Waals surface area contributed by atoms with E-state index >= 15 is 0 Å². The number of ether oxygens (including phenoxy) is 1. The van der Waals surface area contributed by atoms with Crippen LogP contribution in [0.2, 0.25) is 0 Å². The van der Waals surface area contributed by atoms with E-state index in [2.05, 4.69) is 32.4 Å². The molecule has 1 saturated heterocycles. The molecule has 2 heterocycles. The molecular weight excluding hydrogens is 314 g/mol. The topological polar surface area (TPSA) is 61.8 Å². The fourth-order valence-electron chi connectivity index (χ4n) is 2.99. The molecule has 1 aliphatic heterocycles. The highest BCUT2D eigenvalue weighted by Gasteiger charge is 2.14. The van der Waals surface area contributed by atoms with Crippen molar-refractivity contribution in [1.82, 2.24) is 20.5 Å². The van der Waals surface area contributed by atoms with Crippen molar-refractivity contribution in [2.75, 3.05) is 39.8 Å². The van der Waals surface area contributed by atoms with Crippen LogP contribution in [0.3, 0.4) is 0 Å². The molecule has 0 radical (unpaired) electrons. The van der Waals surface area contributed by atoms with Gasteiger partial charge in [-0.15, -0.1) is 0 Å². The molecule has 6 heteroatoms. The highest BCUT2D eigenvalue weighted by atomic mass is 16.5. The first-order chi connectivity index (χ1) is 12.2. The van der Waals surface area contributed by atoms with Crippen LogP contribution in [0, 0.1) is 5.92 Å². The fraction of sp³-hybridized carbons (Fsp3) is 0.684. The van der Waals surface area contributed by atoms with Gasteiger partial charge in [-0.2, -0.15) is 0 Å². The maximum absolute atomic E-state index is 5.43. The van der Waals surface area contributed by atoms with Gasteiger partial charge in [0.25, 0.3) is 0 Å². The summed E-state index contributed by atoms with van der Waals surface area (Å²) < 4.78 is 5.43. The van der Waals surface area contributed by atoms with Crippen LogP contribution in [0.25, 0.3) is 0 Å². The van der Waals surface area contributed by atoms with Crippen molar-refractivity contribution in [2.45, 2.75) is 39.7 Å². The van der Waals surface area contributed by atoms with Crippen LogP contribution in [0.1, 0.15) is 38.7 Å². The van der Waals surface area contributed by atoms with Crippen LogP contribution in [0.15, 0.2) is 23.3 Å². The number of nitrogens with zero attached hydrogens (tertiary/aromatic N) is 3. The van der Waals surface area contributed by atoms with E-state index in [1.54, 1.807) is 13.2 Å². The summed E-state index contributed by atoms with van der Waals surface area (Å²) in [5.74, 6) is 2.40. The summed E-state index contributed by atoms with van der Waals surface area (Å²) in [6.07, 6.45) is 5.59. The zero-order valence-corrected chi connectivity index (χ0v) is 15.9. The molecule has 25 heavy (non-hydrogen) atoms. The Morgan fingerprint density at radius 1 is 1.36 bits per heavy atom. The first kappa shape index (κ1) is 19.5. The van der Waals surface area contributed by atoms with Gasteiger partial charge < -0.3 is 20.3 Å². The second kappa shape index (κ2) is 10.9. The number of nitrogens with one attached hydrogen (secondary N) is 2. The van der Waals surface area contributed by atoms with E-state index in [4.69, 9.17) is 4.74 Å². The van der Waals surface area contributed by atoms with Crippen LogP contribution >= 0.6 is 0 Å². The minimum Gasteiger partial charge on any atom is -0.478 e. The largest absolute Gasteiger partial charge is 0.478 e. The Balaban J connectivity index is 1.64. The third-order valence-corrected chi connectivity index (χ3v) is 4.59. The Labute approximate surface area is 152 Å². The lowest BCUT2D eigenvalue weighted by molar-refractivity contribution is 0.191. The Kier molecular flexibility index (Phi) is 8.52. The number of pyridine rings is 1. The van der Waals surface area contributed by atoms with Crippen LogP contribution in [-0.4, -0.2) is 55.7 Å². The molecular formula is C19H33N5O. The first-order valence-electron chi connectivity index (χ1n) is 9.46. The Morgan fingerprint density at radius 2 is 2.16 bits per heavy atom. The van der Waals surface area contributed by atoms with Crippen LogP contribution in [0.5, 0.6) is 5.88 Å². The predicted molar refractivity (Wildman–Crippen MR) is 103 cm³/mol. The van der Waals surface area contributed by atoms with E-state index in [0.29, 0.717) is 19.0 Å². The zero-order valence-electron chi connectivity index (χ0n) is 15.9. The predicted octanol–water partition coefficient (Wildman–Crippen LogP) is 2.27. The van der Waals surface area contributed by atoms with E-state index in [9.17, 15) is 0 Å². The van der Waals surface area contributed by atoms with Gasteiger partial charge in [0, 0.05) is 32.4 Å². The summed E-state index contributed by atoms with van der Waals surface area (Å²) in [4.78, 5) is 11.0. The fourth-order valence-corrected chi connectivity index (χ4v) is 2.99. The molecule has 0 aliphatic carbocycles. The maximum Gasteiger partial charge on any atom is 0.213 e. The highest BCUT2D eigenvalue weighted by molar-refractivity contribution is 5.79. The molecule has 0 bridgehead atoms. The van der Waals surface area contributed by atoms with Crippen molar-refractivity contribution in [2.24, 2.45) is 10.9 Å². The molecule has 1 fully saturated rings. The van der Waals surface area contributed by atoms with Crippen molar-refractivity contribution in [3.8, 4) is 5.88 Å². The summed E-state index contributed by atoms with van der Waals surface area (Å²) in [5, 5.41) is 6.73. The Bertz CT molecular complexity index is 526. The second-order valence-electron chi connectivity index (χ2n) is 6.67. The van der Waals surface area contributed by atoms with Gasteiger partial charge in [0.2, 0.25) is 5.88 Å². The van der Waals surface area contributed by atoms with Crippen molar-refractivity contribution < 1.29 is 4.74 Å². The minimum absolute atomic E-state index is 0.628. The number of hydrogen-bond acceptors (Lipinski definition) is 4. The highest BCUT2D eigenvalue weighted by Crippen LogP contribution is 2.15. The molecule has 1 aromatic heterocycles. The van der Waals surface area contributed by atoms with Gasteiger partial charge in [0.1, 0.15) is 0 Å². The summed E-state index contributed by atoms with van der Waals surface area (Å²) in [7, 11) is 1.81. The quantitative estimate of drug-likeness (QED) is 0.429. The summed E-state index contributed by atoms with van der Waals surface area (Å²) >= 11 is 0. The lowest BCUT2D eigenvalue weighted by Gasteiger charge is -2.30. The van der Waals surface area contributed by atoms with E-state index in [0.717, 1.165) is 30.4 Å². The van der Waals surface area contributed by atoms with E-state index < -0.39 is 0 Å². The number of guanidine groups is 1. The van der Waals surface area contributed by atoms with Gasteiger partial charge in [-0.3, -0.25) is 4.99 Å². The molecule has 6 nitrogen and oxygen atoms in total. The van der Waals surface area contributed by atoms with Gasteiger partial charge in [-0.1, -0.05) is 6.92 Å². The number of aliphatic imine (C=N–C) groups is 1. The van der Waals surface area contributed by atoms with Gasteiger partial charge in [-0.25, -0.2) is 4.98 Å². The average Bonchev–Trinajstić information content (AvgIpc) is 2.63. The summed E-state index contributed by atoms with van der Waals surface area (Å²) in [6.45, 7) is 10.2. The molecule has 1 aliphatic rings. The zero-order chi connectivity index (χ0) is 17.9. The SMILES string of the molecule is CCOc1cc(CNC(=NC)NCCCN2CCC(C)CC2)ccn1. The molecule has 2 rings (SSSR count). The smallest absolute Gasteiger partial charge is 0.213 e. The number of aromatic nitrogens is 1. The van der Waals surface area contributed by atoms with Crippen LogP contribution in [-0.2, 0) is 6.54 Å². The number of likely N-dealkylation sites (tertiary alicyclic amines) is 1. The van der Waals surface area contributed by atoms with E-state index in [1.807, 2.05) is 19.1 Å². The molecule has 0 saturated carbocycles. The molecule has 0 spiro atoms. The maximum atomic E-state index is 5.43. The third kappa shape index (κ3) is 7.30. The van der Waals surface area contributed by atoms with Gasteiger partial charge in [-0.05, 0) is 63.4 Å². The van der Waals surface area contributed by atoms with E-state index in [1.165, 1.54) is 32.5 Å². The molecule has 2 N–H and O–H groups in total. The van der Waals surface area contributed by atoms with Crippen molar-refractivity contribution in [3.63, 3.8) is 0 Å². The first-order valence-corrected chi connectivity index (χ1v) is 9.46. The monoisotopic (exact) mass is 347 g/mol. The second-order valence-corrected chi connectivity index (χ2v) is 6.67. The molecule has 1 aromatic rings. The number of rotatable bonds is 8. The number of hydrogen-bond donors (Lipinski definition) is 2. The molecule has 140 valence electrons. The van der Waals surface area contributed by atoms with Crippen molar-refractivity contribution in [3.05, 3.63) is 23.9 Å². The lowest BCUT2D eigenvalue weighted by Crippen LogP contribution is -2.39. The molecule has 0 amide bonds. The molecule has 0 aromatic carbocycles. The minimum atomic E-state index is 0.628. The third-order valence-electron chi connectivity index (χ3n) is 4.59. The van der Waals surface area contributed by atoms with Crippen molar-refractivity contribution in [1.29, 1.82) is 0 Å². The summed E-state index contributed by atoms with van der Waals surface area (Å²) in [5.41, 5.74) is 1.13. The summed E-state index contributed by atoms with van der Waals surface area (Å²) in [6, 6.07) is 3.95. The molecule has 0 unspecified atom stereocenters. The lowest BCUT2D eigenvalue weighted by atomic mass is 9.99. The van der Waals surface area contributed by atoms with Crippen LogP contribution < -0.4 is 15.4 Å².